The van der Waals surface area contributed by atoms with Gasteiger partial charge in [0.05, 0.1) is 31.0 Å². The molecule has 6 heteroatoms. The van der Waals surface area contributed by atoms with Gasteiger partial charge in [0.25, 0.3) is 0 Å². The Morgan fingerprint density at radius 3 is 1.70 bits per heavy atom. The Morgan fingerprint density at radius 1 is 0.628 bits per heavy atom. The van der Waals surface area contributed by atoms with Gasteiger partial charge in [-0.25, -0.2) is 0 Å². The number of carbonyl (C=O) groups is 1. The summed E-state index contributed by atoms with van der Waals surface area (Å²) in [6, 6.07) is -0.730. The highest BCUT2D eigenvalue weighted by atomic mass is 16.3. The van der Waals surface area contributed by atoms with Crippen molar-refractivity contribution in [1.29, 1.82) is 0 Å². The number of aliphatic hydroxyl groups is 4. The zero-order valence-electron chi connectivity index (χ0n) is 27.4. The van der Waals surface area contributed by atoms with E-state index >= 15 is 0 Å². The number of amides is 1. The van der Waals surface area contributed by atoms with Crippen molar-refractivity contribution in [2.75, 3.05) is 6.61 Å². The lowest BCUT2D eigenvalue weighted by atomic mass is 10.1. The molecule has 0 unspecified atom stereocenters. The van der Waals surface area contributed by atoms with Crippen LogP contribution in [0.4, 0.5) is 0 Å². The smallest absolute Gasteiger partial charge is 0.220 e. The van der Waals surface area contributed by atoms with E-state index in [0.717, 1.165) is 44.9 Å². The minimum absolute atomic E-state index is 0.220. The number of rotatable bonds is 29. The molecule has 0 saturated heterocycles. The zero-order chi connectivity index (χ0) is 31.8. The van der Waals surface area contributed by atoms with E-state index in [1.807, 2.05) is 42.5 Å². The molecule has 0 aromatic heterocycles. The van der Waals surface area contributed by atoms with Gasteiger partial charge >= 0.3 is 0 Å². The Bertz CT molecular complexity index is 773. The quantitative estimate of drug-likeness (QED) is 0.0341. The third-order valence-electron chi connectivity index (χ3n) is 7.45. The number of aliphatic hydroxyl groups excluding tert-OH is 4. The van der Waals surface area contributed by atoms with Crippen molar-refractivity contribution in [3.63, 3.8) is 0 Å². The first-order chi connectivity index (χ1) is 20.9. The fourth-order valence-electron chi connectivity index (χ4n) is 4.68. The van der Waals surface area contributed by atoms with Gasteiger partial charge in [0.15, 0.2) is 0 Å². The minimum Gasteiger partial charge on any atom is -0.394 e. The van der Waals surface area contributed by atoms with E-state index in [1.54, 1.807) is 18.2 Å². The van der Waals surface area contributed by atoms with Gasteiger partial charge < -0.3 is 25.7 Å². The predicted octanol–water partition coefficient (Wildman–Crippen LogP) is 7.78. The van der Waals surface area contributed by atoms with E-state index in [2.05, 4.69) is 19.2 Å². The summed E-state index contributed by atoms with van der Waals surface area (Å²) in [5, 5.41) is 42.7. The lowest BCUT2D eigenvalue weighted by Gasteiger charge is -2.20. The molecular formula is C37H65NO5. The molecule has 0 bridgehead atoms. The second-order valence-electron chi connectivity index (χ2n) is 11.6. The third-order valence-corrected chi connectivity index (χ3v) is 7.45. The summed E-state index contributed by atoms with van der Waals surface area (Å²) in [7, 11) is 0. The van der Waals surface area contributed by atoms with Crippen LogP contribution in [-0.2, 0) is 4.79 Å². The molecule has 0 spiro atoms. The summed E-state index contributed by atoms with van der Waals surface area (Å²) in [5.74, 6) is -0.244. The molecule has 0 radical (unpaired) electrons. The number of allylic oxidation sites excluding steroid dienone is 7. The second kappa shape index (κ2) is 31.4. The van der Waals surface area contributed by atoms with E-state index in [9.17, 15) is 25.2 Å². The summed E-state index contributed by atoms with van der Waals surface area (Å²) in [5.41, 5.74) is 0. The van der Waals surface area contributed by atoms with Crippen molar-refractivity contribution in [2.45, 2.75) is 160 Å². The van der Waals surface area contributed by atoms with Crippen molar-refractivity contribution in [3.8, 4) is 0 Å². The van der Waals surface area contributed by atoms with Gasteiger partial charge in [0.2, 0.25) is 5.91 Å². The van der Waals surface area contributed by atoms with Crippen LogP contribution in [0, 0.1) is 0 Å². The van der Waals surface area contributed by atoms with E-state index in [1.165, 1.54) is 57.8 Å². The molecule has 0 aliphatic carbocycles. The molecular weight excluding hydrogens is 538 g/mol. The van der Waals surface area contributed by atoms with Crippen LogP contribution >= 0.6 is 0 Å². The van der Waals surface area contributed by atoms with Crippen molar-refractivity contribution in [1.82, 2.24) is 5.32 Å². The van der Waals surface area contributed by atoms with Crippen LogP contribution in [0.5, 0.6) is 0 Å². The maximum Gasteiger partial charge on any atom is 0.220 e. The molecule has 0 aromatic carbocycles. The fraction of sp³-hybridized carbons (Fsp3) is 0.703. The van der Waals surface area contributed by atoms with Gasteiger partial charge in [-0.3, -0.25) is 4.79 Å². The molecule has 4 atom stereocenters. The lowest BCUT2D eigenvalue weighted by Crippen LogP contribution is -2.45. The van der Waals surface area contributed by atoms with Gasteiger partial charge in [0, 0.05) is 6.42 Å². The van der Waals surface area contributed by atoms with Crippen LogP contribution in [0.2, 0.25) is 0 Å². The average molecular weight is 604 g/mol. The molecule has 1 amide bonds. The average Bonchev–Trinajstić information content (AvgIpc) is 2.99. The topological polar surface area (TPSA) is 110 Å². The summed E-state index contributed by atoms with van der Waals surface area (Å²) in [4.78, 5) is 12.3. The summed E-state index contributed by atoms with van der Waals surface area (Å²) in [6.45, 7) is 4.06. The van der Waals surface area contributed by atoms with Crippen molar-refractivity contribution >= 4 is 5.91 Å². The van der Waals surface area contributed by atoms with Crippen LogP contribution in [0.25, 0.3) is 0 Å². The van der Waals surface area contributed by atoms with Crippen molar-refractivity contribution in [3.05, 3.63) is 60.8 Å². The van der Waals surface area contributed by atoms with Crippen LogP contribution in [0.15, 0.2) is 60.8 Å². The van der Waals surface area contributed by atoms with E-state index in [0.29, 0.717) is 12.8 Å². The molecule has 0 heterocycles. The van der Waals surface area contributed by atoms with Crippen LogP contribution in [-0.4, -0.2) is 57.3 Å². The monoisotopic (exact) mass is 603 g/mol. The molecule has 0 aliphatic heterocycles. The molecule has 0 aromatic rings. The molecule has 0 rings (SSSR count). The Morgan fingerprint density at radius 2 is 1.14 bits per heavy atom. The van der Waals surface area contributed by atoms with Crippen LogP contribution < -0.4 is 5.32 Å². The van der Waals surface area contributed by atoms with Gasteiger partial charge in [-0.1, -0.05) is 152 Å². The number of unbranched alkanes of at least 4 members (excludes halogenated alkanes) is 12. The molecule has 0 saturated carbocycles. The van der Waals surface area contributed by atoms with E-state index < -0.39 is 18.2 Å². The standard InChI is InChI=1S/C37H65NO5/c1-3-5-7-8-9-10-11-12-13-17-20-24-30-36(42)35(32-39)38-37(43)31-25-29-34(41)28-23-19-16-14-15-18-22-27-33(40)26-21-6-4-2/h15-16,18-19,22-24,27-28,30,33-36,39-42H,3-14,17,20-21,25-26,29,31-32H2,1-2H3,(H,38,43)/b18-15-,19-16-,27-22+,28-23+,30-24+/t33-,34-,35+,36-/m1/s1. The molecule has 5 N–H and O–H groups in total. The maximum absolute atomic E-state index is 12.3. The lowest BCUT2D eigenvalue weighted by molar-refractivity contribution is -0.123. The number of hydrogen-bond donors (Lipinski definition) is 5. The highest BCUT2D eigenvalue weighted by Crippen LogP contribution is 2.12. The summed E-state index contributed by atoms with van der Waals surface area (Å²) >= 11 is 0. The largest absolute Gasteiger partial charge is 0.394 e. The SMILES string of the molecule is CCCCCCCCCCCC/C=C/[C@@H](O)[C@H](CO)NC(=O)CCC[C@H](O)/C=C/C=C\C/C=C\C=C\[C@H](O)CCCCC. The normalized spacial score (nSPS) is 15.4. The minimum atomic E-state index is -0.926. The number of carbonyl (C=O) groups excluding carboxylic acids is 1. The predicted molar refractivity (Wildman–Crippen MR) is 182 cm³/mol. The first-order valence-corrected chi connectivity index (χ1v) is 17.2. The third kappa shape index (κ3) is 28.5. The van der Waals surface area contributed by atoms with Crippen LogP contribution in [0.3, 0.4) is 0 Å². The highest BCUT2D eigenvalue weighted by molar-refractivity contribution is 5.76. The van der Waals surface area contributed by atoms with Gasteiger partial charge in [-0.05, 0) is 38.5 Å². The maximum atomic E-state index is 12.3. The van der Waals surface area contributed by atoms with Gasteiger partial charge in [-0.15, -0.1) is 0 Å². The molecule has 6 nitrogen and oxygen atoms in total. The van der Waals surface area contributed by atoms with E-state index in [4.69, 9.17) is 0 Å². The van der Waals surface area contributed by atoms with Gasteiger partial charge in [0.1, 0.15) is 0 Å². The van der Waals surface area contributed by atoms with E-state index in [-0.39, 0.29) is 25.0 Å². The molecule has 0 fully saturated rings. The Hall–Kier alpha value is -1.99. The molecule has 248 valence electrons. The highest BCUT2D eigenvalue weighted by Gasteiger charge is 2.18. The number of hydrogen-bond acceptors (Lipinski definition) is 5. The summed E-state index contributed by atoms with van der Waals surface area (Å²) < 4.78 is 0. The van der Waals surface area contributed by atoms with Crippen LogP contribution in [0.1, 0.15) is 136 Å². The second-order valence-corrected chi connectivity index (χ2v) is 11.6. The van der Waals surface area contributed by atoms with Gasteiger partial charge in [-0.2, -0.15) is 0 Å². The Labute approximate surface area is 263 Å². The fourth-order valence-corrected chi connectivity index (χ4v) is 4.68. The molecule has 0 aliphatic rings. The van der Waals surface area contributed by atoms with Crippen molar-refractivity contribution in [2.24, 2.45) is 0 Å². The zero-order valence-corrected chi connectivity index (χ0v) is 27.4. The first kappa shape index (κ1) is 41.0. The molecule has 43 heavy (non-hydrogen) atoms. The Balaban J connectivity index is 3.99. The summed E-state index contributed by atoms with van der Waals surface area (Å²) in [6.07, 6.45) is 36.5. The first-order valence-electron chi connectivity index (χ1n) is 17.2. The van der Waals surface area contributed by atoms with Crippen molar-refractivity contribution < 1.29 is 25.2 Å². The number of nitrogens with one attached hydrogen (secondary N) is 1. The Kier molecular flexibility index (Phi) is 30.0.